The quantitative estimate of drug-likeness (QED) is 0.741. The molecule has 2 aromatic rings. The summed E-state index contributed by atoms with van der Waals surface area (Å²) in [6.07, 6.45) is 1.58. The van der Waals surface area contributed by atoms with E-state index >= 15 is 0 Å². The standard InChI is InChI=1S/C13H11FOS/c14-12-5-3-10(4-6-12)8-11(9-15)13-2-1-7-16-13/h1-7,9,11H,8H2. The Hall–Kier alpha value is -1.48. The number of rotatable bonds is 4. The molecule has 1 heterocycles. The summed E-state index contributed by atoms with van der Waals surface area (Å²) in [7, 11) is 0. The molecular formula is C13H11FOS. The molecule has 1 aromatic carbocycles. The van der Waals surface area contributed by atoms with Gasteiger partial charge in [0, 0.05) is 4.88 Å². The minimum Gasteiger partial charge on any atom is -0.303 e. The molecule has 0 amide bonds. The second-order valence-electron chi connectivity index (χ2n) is 3.59. The lowest BCUT2D eigenvalue weighted by Gasteiger charge is -2.07. The Morgan fingerprint density at radius 3 is 2.56 bits per heavy atom. The number of carbonyl (C=O) groups excluding carboxylic acids is 1. The number of carbonyl (C=O) groups is 1. The van der Waals surface area contributed by atoms with E-state index in [0.717, 1.165) is 16.7 Å². The smallest absolute Gasteiger partial charge is 0.128 e. The molecule has 0 aliphatic rings. The summed E-state index contributed by atoms with van der Waals surface area (Å²) in [5.41, 5.74) is 0.979. The van der Waals surface area contributed by atoms with Crippen molar-refractivity contribution in [3.63, 3.8) is 0 Å². The summed E-state index contributed by atoms with van der Waals surface area (Å²) >= 11 is 1.57. The summed E-state index contributed by atoms with van der Waals surface area (Å²) < 4.78 is 12.7. The molecule has 0 aliphatic carbocycles. The van der Waals surface area contributed by atoms with Crippen LogP contribution in [0.15, 0.2) is 41.8 Å². The van der Waals surface area contributed by atoms with Crippen LogP contribution in [0.5, 0.6) is 0 Å². The van der Waals surface area contributed by atoms with Gasteiger partial charge in [-0.2, -0.15) is 0 Å². The van der Waals surface area contributed by atoms with Gasteiger partial charge in [-0.25, -0.2) is 4.39 Å². The molecule has 16 heavy (non-hydrogen) atoms. The van der Waals surface area contributed by atoms with Gasteiger partial charge in [0.15, 0.2) is 0 Å². The summed E-state index contributed by atoms with van der Waals surface area (Å²) in [5.74, 6) is -0.368. The molecule has 0 fully saturated rings. The van der Waals surface area contributed by atoms with Gasteiger partial charge in [-0.3, -0.25) is 0 Å². The first-order chi connectivity index (χ1) is 7.79. The van der Waals surface area contributed by atoms with Crippen molar-refractivity contribution in [2.24, 2.45) is 0 Å². The lowest BCUT2D eigenvalue weighted by atomic mass is 9.99. The molecule has 0 radical (unpaired) electrons. The maximum Gasteiger partial charge on any atom is 0.128 e. The van der Waals surface area contributed by atoms with Crippen LogP contribution in [0.4, 0.5) is 4.39 Å². The van der Waals surface area contributed by atoms with E-state index in [2.05, 4.69) is 0 Å². The number of halogens is 1. The molecule has 1 aromatic heterocycles. The van der Waals surface area contributed by atoms with Crippen molar-refractivity contribution in [1.82, 2.24) is 0 Å². The van der Waals surface area contributed by atoms with Crippen LogP contribution in [0, 0.1) is 5.82 Å². The van der Waals surface area contributed by atoms with Crippen LogP contribution in [-0.4, -0.2) is 6.29 Å². The third-order valence-electron chi connectivity index (χ3n) is 2.44. The highest BCUT2D eigenvalue weighted by molar-refractivity contribution is 7.10. The van der Waals surface area contributed by atoms with E-state index in [4.69, 9.17) is 0 Å². The van der Waals surface area contributed by atoms with E-state index in [1.54, 1.807) is 23.5 Å². The monoisotopic (exact) mass is 234 g/mol. The summed E-state index contributed by atoms with van der Waals surface area (Å²) in [6, 6.07) is 10.2. The molecule has 0 N–H and O–H groups in total. The second-order valence-corrected chi connectivity index (χ2v) is 4.57. The van der Waals surface area contributed by atoms with Gasteiger partial charge in [-0.1, -0.05) is 18.2 Å². The minimum absolute atomic E-state index is 0.120. The normalized spacial score (nSPS) is 12.3. The molecule has 0 spiro atoms. The Balaban J connectivity index is 2.13. The van der Waals surface area contributed by atoms with Crippen LogP contribution in [0.1, 0.15) is 16.4 Å². The molecule has 0 saturated heterocycles. The number of hydrogen-bond donors (Lipinski definition) is 0. The molecule has 1 unspecified atom stereocenters. The molecular weight excluding hydrogens is 223 g/mol. The zero-order valence-corrected chi connectivity index (χ0v) is 9.41. The molecule has 3 heteroatoms. The van der Waals surface area contributed by atoms with Crippen molar-refractivity contribution < 1.29 is 9.18 Å². The molecule has 0 bridgehead atoms. The van der Waals surface area contributed by atoms with E-state index in [1.807, 2.05) is 17.5 Å². The van der Waals surface area contributed by atoms with Crippen LogP contribution in [0.25, 0.3) is 0 Å². The van der Waals surface area contributed by atoms with Gasteiger partial charge < -0.3 is 4.79 Å². The molecule has 1 nitrogen and oxygen atoms in total. The van der Waals surface area contributed by atoms with Crippen LogP contribution in [0.2, 0.25) is 0 Å². The van der Waals surface area contributed by atoms with Crippen molar-refractivity contribution in [3.05, 3.63) is 58.0 Å². The first-order valence-corrected chi connectivity index (χ1v) is 5.90. The number of hydrogen-bond acceptors (Lipinski definition) is 2. The third-order valence-corrected chi connectivity index (χ3v) is 3.45. The highest BCUT2D eigenvalue weighted by atomic mass is 32.1. The molecule has 82 valence electrons. The topological polar surface area (TPSA) is 17.1 Å². The van der Waals surface area contributed by atoms with E-state index in [1.165, 1.54) is 12.1 Å². The fourth-order valence-corrected chi connectivity index (χ4v) is 2.38. The van der Waals surface area contributed by atoms with Crippen molar-refractivity contribution in [2.45, 2.75) is 12.3 Å². The van der Waals surface area contributed by atoms with Crippen molar-refractivity contribution >= 4 is 17.6 Å². The Morgan fingerprint density at radius 1 is 1.25 bits per heavy atom. The largest absolute Gasteiger partial charge is 0.303 e. The summed E-state index contributed by atoms with van der Waals surface area (Å²) in [6.45, 7) is 0. The van der Waals surface area contributed by atoms with Crippen molar-refractivity contribution in [2.75, 3.05) is 0 Å². The maximum absolute atomic E-state index is 12.7. The predicted octanol–water partition coefficient (Wildman–Crippen LogP) is 3.41. The SMILES string of the molecule is O=CC(Cc1ccc(F)cc1)c1cccs1. The lowest BCUT2D eigenvalue weighted by Crippen LogP contribution is -2.02. The van der Waals surface area contributed by atoms with Gasteiger partial charge in [0.05, 0.1) is 5.92 Å². The average Bonchev–Trinajstić information content (AvgIpc) is 2.82. The molecule has 2 rings (SSSR count). The van der Waals surface area contributed by atoms with E-state index < -0.39 is 0 Å². The van der Waals surface area contributed by atoms with Crippen LogP contribution in [0.3, 0.4) is 0 Å². The molecule has 0 saturated carbocycles. The second kappa shape index (κ2) is 5.03. The predicted molar refractivity (Wildman–Crippen MR) is 63.2 cm³/mol. The number of aldehydes is 1. The van der Waals surface area contributed by atoms with Crippen molar-refractivity contribution in [3.8, 4) is 0 Å². The fraction of sp³-hybridized carbons (Fsp3) is 0.154. The van der Waals surface area contributed by atoms with Crippen molar-refractivity contribution in [1.29, 1.82) is 0 Å². The average molecular weight is 234 g/mol. The highest BCUT2D eigenvalue weighted by Gasteiger charge is 2.12. The summed E-state index contributed by atoms with van der Waals surface area (Å²) in [4.78, 5) is 12.1. The van der Waals surface area contributed by atoms with Gasteiger partial charge >= 0.3 is 0 Å². The maximum atomic E-state index is 12.7. The zero-order valence-electron chi connectivity index (χ0n) is 8.60. The zero-order chi connectivity index (χ0) is 11.4. The van der Waals surface area contributed by atoms with Crippen LogP contribution < -0.4 is 0 Å². The van der Waals surface area contributed by atoms with E-state index in [0.29, 0.717) is 6.42 Å². The lowest BCUT2D eigenvalue weighted by molar-refractivity contribution is -0.109. The van der Waals surface area contributed by atoms with Gasteiger partial charge in [-0.15, -0.1) is 11.3 Å². The van der Waals surface area contributed by atoms with Crippen LogP contribution in [-0.2, 0) is 11.2 Å². The molecule has 1 atom stereocenters. The third kappa shape index (κ3) is 2.55. The Bertz CT molecular complexity index is 447. The minimum atomic E-state index is -0.248. The first kappa shape index (κ1) is 11.0. The van der Waals surface area contributed by atoms with Crippen LogP contribution >= 0.6 is 11.3 Å². The number of benzene rings is 1. The Morgan fingerprint density at radius 2 is 2.00 bits per heavy atom. The first-order valence-electron chi connectivity index (χ1n) is 5.03. The molecule has 0 aliphatic heterocycles. The van der Waals surface area contributed by atoms with Gasteiger partial charge in [0.2, 0.25) is 0 Å². The van der Waals surface area contributed by atoms with E-state index in [9.17, 15) is 9.18 Å². The Labute approximate surface area is 97.6 Å². The highest BCUT2D eigenvalue weighted by Crippen LogP contribution is 2.23. The van der Waals surface area contributed by atoms with Gasteiger partial charge in [0.1, 0.15) is 12.1 Å². The fourth-order valence-electron chi connectivity index (χ4n) is 1.59. The van der Waals surface area contributed by atoms with Gasteiger partial charge in [0.25, 0.3) is 0 Å². The van der Waals surface area contributed by atoms with E-state index in [-0.39, 0.29) is 11.7 Å². The van der Waals surface area contributed by atoms with Gasteiger partial charge in [-0.05, 0) is 35.6 Å². The number of thiophene rings is 1. The Kier molecular flexibility index (Phi) is 3.47. The summed E-state index contributed by atoms with van der Waals surface area (Å²) in [5, 5.41) is 1.95.